The topological polar surface area (TPSA) is 84.8 Å². The first kappa shape index (κ1) is 20.1. The number of carbonyl (C=O) groups excluding carboxylic acids is 1. The summed E-state index contributed by atoms with van der Waals surface area (Å²) in [5, 5.41) is 20.9. The quantitative estimate of drug-likeness (QED) is 0.636. The van der Waals surface area contributed by atoms with Crippen molar-refractivity contribution in [1.82, 2.24) is 15.1 Å². The highest BCUT2D eigenvalue weighted by molar-refractivity contribution is 7.16. The van der Waals surface area contributed by atoms with E-state index < -0.39 is 0 Å². The van der Waals surface area contributed by atoms with Gasteiger partial charge in [0.05, 0.1) is 12.1 Å². The summed E-state index contributed by atoms with van der Waals surface area (Å²) in [7, 11) is 0. The number of nitriles is 1. The fourth-order valence-electron chi connectivity index (χ4n) is 3.51. The lowest BCUT2D eigenvalue weighted by Gasteiger charge is -2.26. The molecule has 2 aromatic heterocycles. The molecule has 1 aromatic carbocycles. The van der Waals surface area contributed by atoms with E-state index in [1.54, 1.807) is 17.0 Å². The Labute approximate surface area is 178 Å². The van der Waals surface area contributed by atoms with E-state index in [-0.39, 0.29) is 17.6 Å². The molecule has 0 unspecified atom stereocenters. The van der Waals surface area contributed by atoms with Gasteiger partial charge in [-0.25, -0.2) is 4.39 Å². The van der Waals surface area contributed by atoms with Crippen LogP contribution >= 0.6 is 11.3 Å². The van der Waals surface area contributed by atoms with Crippen LogP contribution in [0.4, 0.5) is 9.39 Å². The Morgan fingerprint density at radius 3 is 2.83 bits per heavy atom. The van der Waals surface area contributed by atoms with Gasteiger partial charge in [0, 0.05) is 23.7 Å². The first-order valence-corrected chi connectivity index (χ1v) is 10.7. The number of rotatable bonds is 5. The van der Waals surface area contributed by atoms with Crippen molar-refractivity contribution in [3.05, 3.63) is 69.1 Å². The molecule has 0 atom stereocenters. The van der Waals surface area contributed by atoms with Crippen LogP contribution in [-0.2, 0) is 19.5 Å². The molecule has 0 fully saturated rings. The van der Waals surface area contributed by atoms with Crippen LogP contribution < -0.4 is 5.32 Å². The van der Waals surface area contributed by atoms with Gasteiger partial charge in [-0.2, -0.15) is 10.4 Å². The van der Waals surface area contributed by atoms with Gasteiger partial charge in [0.2, 0.25) is 0 Å². The lowest BCUT2D eigenvalue weighted by atomic mass is 10.0. The normalized spacial score (nSPS) is 13.2. The number of aromatic nitrogens is 2. The monoisotopic (exact) mass is 423 g/mol. The third kappa shape index (κ3) is 3.94. The molecule has 30 heavy (non-hydrogen) atoms. The van der Waals surface area contributed by atoms with Crippen molar-refractivity contribution in [2.45, 2.75) is 39.3 Å². The van der Waals surface area contributed by atoms with Crippen LogP contribution in [0.25, 0.3) is 0 Å². The fourth-order valence-corrected chi connectivity index (χ4v) is 4.72. The van der Waals surface area contributed by atoms with Crippen LogP contribution in [0.5, 0.6) is 0 Å². The molecule has 0 bridgehead atoms. The van der Waals surface area contributed by atoms with Crippen LogP contribution in [0.1, 0.15) is 57.5 Å². The van der Waals surface area contributed by atoms with Crippen molar-refractivity contribution < 1.29 is 9.18 Å². The van der Waals surface area contributed by atoms with E-state index in [1.165, 1.54) is 23.5 Å². The SMILES string of the molecule is CC(C)c1cc(C(=O)N2CCc3c(sc(NCc4ccc(F)cc4)c3C#N)C2)n[nH]1. The second kappa shape index (κ2) is 8.28. The summed E-state index contributed by atoms with van der Waals surface area (Å²) in [6.07, 6.45) is 0.639. The van der Waals surface area contributed by atoms with Gasteiger partial charge in [-0.15, -0.1) is 11.3 Å². The number of carbonyl (C=O) groups is 1. The predicted octanol–water partition coefficient (Wildman–Crippen LogP) is 4.42. The molecule has 154 valence electrons. The molecule has 8 heteroatoms. The van der Waals surface area contributed by atoms with E-state index in [0.29, 0.717) is 37.3 Å². The maximum Gasteiger partial charge on any atom is 0.274 e. The predicted molar refractivity (Wildman–Crippen MR) is 114 cm³/mol. The smallest absolute Gasteiger partial charge is 0.274 e. The summed E-state index contributed by atoms with van der Waals surface area (Å²) < 4.78 is 13.1. The van der Waals surface area contributed by atoms with Crippen molar-refractivity contribution >= 4 is 22.2 Å². The largest absolute Gasteiger partial charge is 0.372 e. The Hall–Kier alpha value is -3.18. The first-order valence-electron chi connectivity index (χ1n) is 9.83. The third-order valence-electron chi connectivity index (χ3n) is 5.26. The van der Waals surface area contributed by atoms with Crippen molar-refractivity contribution in [2.75, 3.05) is 11.9 Å². The molecule has 3 heterocycles. The number of nitrogens with one attached hydrogen (secondary N) is 2. The zero-order valence-electron chi connectivity index (χ0n) is 16.8. The minimum atomic E-state index is -0.273. The number of aromatic amines is 1. The van der Waals surface area contributed by atoms with Gasteiger partial charge in [0.1, 0.15) is 22.6 Å². The lowest BCUT2D eigenvalue weighted by molar-refractivity contribution is 0.0731. The van der Waals surface area contributed by atoms with E-state index in [0.717, 1.165) is 26.7 Å². The molecule has 0 saturated carbocycles. The molecule has 1 aliphatic rings. The van der Waals surface area contributed by atoms with Gasteiger partial charge in [0.15, 0.2) is 0 Å². The van der Waals surface area contributed by atoms with Crippen molar-refractivity contribution in [3.63, 3.8) is 0 Å². The molecule has 1 amide bonds. The number of benzene rings is 1. The summed E-state index contributed by atoms with van der Waals surface area (Å²) in [4.78, 5) is 15.7. The van der Waals surface area contributed by atoms with Crippen LogP contribution in [0.2, 0.25) is 0 Å². The van der Waals surface area contributed by atoms with Crippen LogP contribution in [-0.4, -0.2) is 27.5 Å². The number of hydrogen-bond acceptors (Lipinski definition) is 5. The fraction of sp³-hybridized carbons (Fsp3) is 0.318. The first-order chi connectivity index (χ1) is 14.5. The number of H-pyrrole nitrogens is 1. The molecular formula is C22H22FN5OS. The van der Waals surface area contributed by atoms with E-state index in [4.69, 9.17) is 0 Å². The van der Waals surface area contributed by atoms with Crippen molar-refractivity contribution in [3.8, 4) is 6.07 Å². The highest BCUT2D eigenvalue weighted by Gasteiger charge is 2.28. The highest BCUT2D eigenvalue weighted by Crippen LogP contribution is 2.37. The number of amides is 1. The number of nitrogens with zero attached hydrogens (tertiary/aromatic N) is 3. The Morgan fingerprint density at radius 2 is 2.17 bits per heavy atom. The molecule has 3 aromatic rings. The molecule has 1 aliphatic heterocycles. The van der Waals surface area contributed by atoms with Gasteiger partial charge < -0.3 is 10.2 Å². The summed E-state index contributed by atoms with van der Waals surface area (Å²) in [6.45, 7) is 5.62. The maximum atomic E-state index is 13.1. The minimum absolute atomic E-state index is 0.100. The average molecular weight is 424 g/mol. The van der Waals surface area contributed by atoms with E-state index in [2.05, 4.69) is 21.6 Å². The molecule has 0 saturated heterocycles. The van der Waals surface area contributed by atoms with Crippen LogP contribution in [0.3, 0.4) is 0 Å². The molecular weight excluding hydrogens is 401 g/mol. The zero-order chi connectivity index (χ0) is 21.3. The number of thiophene rings is 1. The second-order valence-electron chi connectivity index (χ2n) is 7.64. The summed E-state index contributed by atoms with van der Waals surface area (Å²) >= 11 is 1.51. The standard InChI is InChI=1S/C22H22FN5OS/c1-13(2)18-9-19(27-26-18)22(29)28-8-7-16-17(10-24)21(30-20(16)12-28)25-11-14-3-5-15(23)6-4-14/h3-6,9,13,25H,7-8,11-12H2,1-2H3,(H,26,27). The maximum absolute atomic E-state index is 13.1. The molecule has 0 spiro atoms. The summed E-state index contributed by atoms with van der Waals surface area (Å²) in [5.74, 6) is -0.0982. The van der Waals surface area contributed by atoms with Gasteiger partial charge in [-0.1, -0.05) is 26.0 Å². The van der Waals surface area contributed by atoms with E-state index in [9.17, 15) is 14.4 Å². The summed E-state index contributed by atoms with van der Waals surface area (Å²) in [6, 6.07) is 10.4. The number of hydrogen-bond donors (Lipinski definition) is 2. The molecule has 0 radical (unpaired) electrons. The molecule has 6 nitrogen and oxygen atoms in total. The lowest BCUT2D eigenvalue weighted by Crippen LogP contribution is -2.35. The van der Waals surface area contributed by atoms with E-state index in [1.807, 2.05) is 19.9 Å². The van der Waals surface area contributed by atoms with Crippen molar-refractivity contribution in [1.29, 1.82) is 5.26 Å². The van der Waals surface area contributed by atoms with E-state index >= 15 is 0 Å². The Balaban J connectivity index is 1.50. The molecule has 2 N–H and O–H groups in total. The summed E-state index contributed by atoms with van der Waals surface area (Å²) in [5.41, 5.74) is 3.95. The number of halogens is 1. The number of fused-ring (bicyclic) bond motifs is 1. The van der Waals surface area contributed by atoms with Crippen molar-refractivity contribution in [2.24, 2.45) is 0 Å². The van der Waals surface area contributed by atoms with Gasteiger partial charge in [-0.3, -0.25) is 9.89 Å². The van der Waals surface area contributed by atoms with Gasteiger partial charge in [-0.05, 0) is 41.7 Å². The Bertz CT molecular complexity index is 1110. The third-order valence-corrected chi connectivity index (χ3v) is 6.44. The van der Waals surface area contributed by atoms with Gasteiger partial charge in [0.25, 0.3) is 5.91 Å². The molecule has 0 aliphatic carbocycles. The zero-order valence-corrected chi connectivity index (χ0v) is 17.6. The second-order valence-corrected chi connectivity index (χ2v) is 8.74. The Morgan fingerprint density at radius 1 is 1.40 bits per heavy atom. The van der Waals surface area contributed by atoms with Gasteiger partial charge >= 0.3 is 0 Å². The average Bonchev–Trinajstić information content (AvgIpc) is 3.37. The minimum Gasteiger partial charge on any atom is -0.372 e. The van der Waals surface area contributed by atoms with Crippen LogP contribution in [0.15, 0.2) is 30.3 Å². The van der Waals surface area contributed by atoms with Crippen LogP contribution in [0, 0.1) is 17.1 Å². The number of anilines is 1. The molecule has 4 rings (SSSR count). The Kier molecular flexibility index (Phi) is 5.55. The highest BCUT2D eigenvalue weighted by atomic mass is 32.1.